The number of carbonyl (C=O) groups is 1. The van der Waals surface area contributed by atoms with E-state index in [0.29, 0.717) is 13.0 Å². The van der Waals surface area contributed by atoms with Crippen molar-refractivity contribution in [1.82, 2.24) is 4.90 Å². The molecule has 2 unspecified atom stereocenters. The molecule has 2 rings (SSSR count). The van der Waals surface area contributed by atoms with Crippen LogP contribution in [0.1, 0.15) is 19.3 Å². The van der Waals surface area contributed by atoms with Gasteiger partial charge in [0, 0.05) is 6.42 Å². The minimum Gasteiger partial charge on any atom is -0.625 e. The number of hydrogen-bond donors (Lipinski definition) is 0. The van der Waals surface area contributed by atoms with Gasteiger partial charge in [-0.15, -0.1) is 11.8 Å². The summed E-state index contributed by atoms with van der Waals surface area (Å²) in [5, 5.41) is 12.1. The lowest BCUT2D eigenvalue weighted by Crippen LogP contribution is -2.45. The molecule has 0 radical (unpaired) electrons. The van der Waals surface area contributed by atoms with E-state index in [0.717, 1.165) is 19.6 Å². The third-order valence-corrected chi connectivity index (χ3v) is 4.68. The van der Waals surface area contributed by atoms with Gasteiger partial charge in [0.1, 0.15) is 11.8 Å². The van der Waals surface area contributed by atoms with E-state index in [9.17, 15) is 10.0 Å². The Morgan fingerprint density at radius 3 is 2.78 bits per heavy atom. The average molecular weight is 268 g/mol. The van der Waals surface area contributed by atoms with E-state index in [1.807, 2.05) is 6.26 Å². The maximum absolute atomic E-state index is 12.3. The zero-order valence-electron chi connectivity index (χ0n) is 10.9. The third-order valence-electron chi connectivity index (χ3n) is 3.67. The first-order chi connectivity index (χ1) is 8.65. The smallest absolute Gasteiger partial charge is 0.327 e. The van der Waals surface area contributed by atoms with Gasteiger partial charge < -0.3 is 5.21 Å². The predicted octanol–water partition coefficient (Wildman–Crippen LogP) is 1.06. The quantitative estimate of drug-likeness (QED) is 0.436. The SMILES string of the molecule is CSC1CC[N+]([O-])(CC#CCN2CCCC2)C1=O. The topological polar surface area (TPSA) is 43.4 Å². The zero-order valence-corrected chi connectivity index (χ0v) is 11.7. The summed E-state index contributed by atoms with van der Waals surface area (Å²) in [4.78, 5) is 14.2. The van der Waals surface area contributed by atoms with Crippen LogP contribution >= 0.6 is 11.8 Å². The van der Waals surface area contributed by atoms with Gasteiger partial charge in [0.15, 0.2) is 0 Å². The van der Waals surface area contributed by atoms with Gasteiger partial charge in [-0.1, -0.05) is 5.92 Å². The number of amides is 1. The van der Waals surface area contributed by atoms with Crippen molar-refractivity contribution in [3.63, 3.8) is 0 Å². The van der Waals surface area contributed by atoms with Crippen LogP contribution in [-0.2, 0) is 4.79 Å². The van der Waals surface area contributed by atoms with Gasteiger partial charge in [-0.05, 0) is 38.1 Å². The van der Waals surface area contributed by atoms with Gasteiger partial charge in [0.2, 0.25) is 0 Å². The fourth-order valence-corrected chi connectivity index (χ4v) is 3.22. The Labute approximate surface area is 113 Å². The van der Waals surface area contributed by atoms with E-state index in [2.05, 4.69) is 16.7 Å². The summed E-state index contributed by atoms with van der Waals surface area (Å²) >= 11 is 1.48. The molecule has 2 saturated heterocycles. The standard InChI is InChI=1S/C13H20N2O2S/c1-18-12-6-11-15(17,13(12)16)10-5-4-9-14-7-2-3-8-14/h12H,2-3,6-11H2,1H3. The van der Waals surface area contributed by atoms with Gasteiger partial charge in [-0.3, -0.25) is 9.55 Å². The van der Waals surface area contributed by atoms with Gasteiger partial charge in [0.05, 0.1) is 13.1 Å². The summed E-state index contributed by atoms with van der Waals surface area (Å²) in [7, 11) is 0. The fourth-order valence-electron chi connectivity index (χ4n) is 2.49. The van der Waals surface area contributed by atoms with Crippen LogP contribution in [0.4, 0.5) is 0 Å². The first-order valence-corrected chi connectivity index (χ1v) is 7.78. The number of likely N-dealkylation sites (tertiary alicyclic amines) is 2. The maximum atomic E-state index is 12.3. The van der Waals surface area contributed by atoms with Crippen LogP contribution in [0, 0.1) is 17.0 Å². The molecule has 0 aromatic carbocycles. The number of hydrogen-bond acceptors (Lipinski definition) is 4. The van der Waals surface area contributed by atoms with Crippen LogP contribution in [0.2, 0.25) is 0 Å². The Morgan fingerprint density at radius 1 is 1.44 bits per heavy atom. The van der Waals surface area contributed by atoms with Gasteiger partial charge >= 0.3 is 5.91 Å². The van der Waals surface area contributed by atoms with Gasteiger partial charge in [-0.25, -0.2) is 4.79 Å². The van der Waals surface area contributed by atoms with Crippen molar-refractivity contribution in [2.45, 2.75) is 24.5 Å². The van der Waals surface area contributed by atoms with Gasteiger partial charge in [-0.2, -0.15) is 0 Å². The first kappa shape index (κ1) is 13.9. The molecule has 0 aromatic heterocycles. The highest BCUT2D eigenvalue weighted by Gasteiger charge is 2.41. The average Bonchev–Trinajstić information content (AvgIpc) is 2.96. The number of quaternary nitrogens is 1. The molecule has 0 aromatic rings. The summed E-state index contributed by atoms with van der Waals surface area (Å²) in [5.41, 5.74) is 0. The molecule has 0 N–H and O–H groups in total. The predicted molar refractivity (Wildman–Crippen MR) is 73.7 cm³/mol. The second-order valence-corrected chi connectivity index (χ2v) is 6.00. The molecule has 4 nitrogen and oxygen atoms in total. The lowest BCUT2D eigenvalue weighted by molar-refractivity contribution is -0.787. The van der Waals surface area contributed by atoms with E-state index in [4.69, 9.17) is 0 Å². The van der Waals surface area contributed by atoms with Crippen molar-refractivity contribution < 1.29 is 9.44 Å². The lowest BCUT2D eigenvalue weighted by atomic mass is 10.4. The summed E-state index contributed by atoms with van der Waals surface area (Å²) < 4.78 is -0.738. The monoisotopic (exact) mass is 268 g/mol. The van der Waals surface area contributed by atoms with E-state index < -0.39 is 4.65 Å². The molecule has 0 spiro atoms. The molecular weight excluding hydrogens is 248 g/mol. The Hall–Kier alpha value is -0.540. The highest BCUT2D eigenvalue weighted by atomic mass is 32.2. The largest absolute Gasteiger partial charge is 0.625 e. The van der Waals surface area contributed by atoms with Crippen LogP contribution in [0.3, 0.4) is 0 Å². The summed E-state index contributed by atoms with van der Waals surface area (Å²) in [6, 6.07) is 0. The molecule has 2 atom stereocenters. The molecule has 2 aliphatic heterocycles. The van der Waals surface area contributed by atoms with Crippen molar-refractivity contribution in [1.29, 1.82) is 0 Å². The molecule has 0 saturated carbocycles. The second kappa shape index (κ2) is 6.07. The van der Waals surface area contributed by atoms with Crippen molar-refractivity contribution in [3.8, 4) is 11.8 Å². The zero-order chi connectivity index (χ0) is 13.0. The summed E-state index contributed by atoms with van der Waals surface area (Å²) in [6.07, 6.45) is 5.07. The number of thioether (sulfide) groups is 1. The number of carbonyl (C=O) groups excluding carboxylic acids is 1. The molecule has 5 heteroatoms. The normalized spacial score (nSPS) is 32.6. The Morgan fingerprint density at radius 2 is 2.17 bits per heavy atom. The van der Waals surface area contributed by atoms with Crippen molar-refractivity contribution >= 4 is 17.7 Å². The van der Waals surface area contributed by atoms with Crippen LogP contribution in [0.5, 0.6) is 0 Å². The molecule has 0 aliphatic carbocycles. The Bertz CT molecular complexity index is 371. The highest BCUT2D eigenvalue weighted by molar-refractivity contribution is 7.99. The van der Waals surface area contributed by atoms with E-state index in [1.54, 1.807) is 0 Å². The maximum Gasteiger partial charge on any atom is 0.327 e. The highest BCUT2D eigenvalue weighted by Crippen LogP contribution is 2.27. The molecule has 0 bridgehead atoms. The number of nitrogens with zero attached hydrogens (tertiary/aromatic N) is 2. The van der Waals surface area contributed by atoms with Crippen molar-refractivity contribution in [3.05, 3.63) is 5.21 Å². The number of hydroxylamine groups is 3. The lowest BCUT2D eigenvalue weighted by Gasteiger charge is -2.33. The van der Waals surface area contributed by atoms with E-state index in [-0.39, 0.29) is 17.7 Å². The van der Waals surface area contributed by atoms with E-state index in [1.165, 1.54) is 24.6 Å². The van der Waals surface area contributed by atoms with Crippen molar-refractivity contribution in [2.75, 3.05) is 39.0 Å². The third kappa shape index (κ3) is 3.07. The number of rotatable bonds is 3. The van der Waals surface area contributed by atoms with Crippen LogP contribution in [0.25, 0.3) is 0 Å². The Kier molecular flexibility index (Phi) is 4.68. The van der Waals surface area contributed by atoms with Crippen LogP contribution in [-0.4, -0.2) is 59.7 Å². The van der Waals surface area contributed by atoms with Crippen LogP contribution < -0.4 is 0 Å². The molecule has 2 heterocycles. The second-order valence-electron chi connectivity index (χ2n) is 4.96. The fraction of sp³-hybridized carbons (Fsp3) is 0.769. The van der Waals surface area contributed by atoms with E-state index >= 15 is 0 Å². The molecule has 2 aliphatic rings. The van der Waals surface area contributed by atoms with Crippen molar-refractivity contribution in [2.24, 2.45) is 0 Å². The molecule has 1 amide bonds. The van der Waals surface area contributed by atoms with Crippen LogP contribution in [0.15, 0.2) is 0 Å². The molecule has 18 heavy (non-hydrogen) atoms. The summed E-state index contributed by atoms with van der Waals surface area (Å²) in [5.74, 6) is 5.75. The Balaban J connectivity index is 1.82. The first-order valence-electron chi connectivity index (χ1n) is 6.49. The summed E-state index contributed by atoms with van der Waals surface area (Å²) in [6.45, 7) is 3.48. The minimum absolute atomic E-state index is 0.122. The molecule has 100 valence electrons. The minimum atomic E-state index is -0.738. The molecular formula is C13H20N2O2S. The molecule has 2 fully saturated rings. The van der Waals surface area contributed by atoms with Gasteiger partial charge in [0.25, 0.3) is 0 Å².